The molecule has 0 spiro atoms. The highest BCUT2D eigenvalue weighted by Gasteiger charge is 2.33. The Morgan fingerprint density at radius 3 is 3.05 bits per heavy atom. The first-order valence-corrected chi connectivity index (χ1v) is 7.93. The summed E-state index contributed by atoms with van der Waals surface area (Å²) in [5.74, 6) is -0.118. The van der Waals surface area contributed by atoms with Crippen molar-refractivity contribution >= 4 is 11.8 Å². The van der Waals surface area contributed by atoms with Gasteiger partial charge in [-0.25, -0.2) is 0 Å². The normalized spacial score (nSPS) is 22.3. The van der Waals surface area contributed by atoms with Crippen molar-refractivity contribution < 1.29 is 14.3 Å². The van der Waals surface area contributed by atoms with E-state index in [-0.39, 0.29) is 17.7 Å². The molecule has 1 fully saturated rings. The van der Waals surface area contributed by atoms with Crippen LogP contribution in [0.3, 0.4) is 0 Å². The smallest absolute Gasteiger partial charge is 0.225 e. The molecule has 2 amide bonds. The zero-order valence-corrected chi connectivity index (χ0v) is 12.9. The highest BCUT2D eigenvalue weighted by Crippen LogP contribution is 2.23. The van der Waals surface area contributed by atoms with Gasteiger partial charge in [0.1, 0.15) is 0 Å². The van der Waals surface area contributed by atoms with Crippen LogP contribution < -0.4 is 5.32 Å². The van der Waals surface area contributed by atoms with E-state index in [2.05, 4.69) is 11.4 Å². The fourth-order valence-corrected chi connectivity index (χ4v) is 2.99. The number of hydrogen-bond acceptors (Lipinski definition) is 3. The van der Waals surface area contributed by atoms with Crippen LogP contribution >= 0.6 is 0 Å². The largest absolute Gasteiger partial charge is 0.383 e. The van der Waals surface area contributed by atoms with Gasteiger partial charge in [0.15, 0.2) is 0 Å². The molecular weight excluding hydrogens is 268 g/mol. The summed E-state index contributed by atoms with van der Waals surface area (Å²) in [6.07, 6.45) is 8.53. The molecule has 1 aliphatic carbocycles. The minimum Gasteiger partial charge on any atom is -0.383 e. The maximum atomic E-state index is 12.0. The predicted octanol–water partition coefficient (Wildman–Crippen LogP) is 1.49. The lowest BCUT2D eigenvalue weighted by Crippen LogP contribution is -2.35. The van der Waals surface area contributed by atoms with Crippen LogP contribution in [0.25, 0.3) is 0 Å². The second-order valence-corrected chi connectivity index (χ2v) is 5.88. The van der Waals surface area contributed by atoms with Gasteiger partial charge in [-0.3, -0.25) is 9.59 Å². The molecule has 21 heavy (non-hydrogen) atoms. The van der Waals surface area contributed by atoms with Crippen molar-refractivity contribution in [1.29, 1.82) is 0 Å². The molecular formula is C16H26N2O3. The van der Waals surface area contributed by atoms with Gasteiger partial charge in [0.05, 0.1) is 12.5 Å². The van der Waals surface area contributed by atoms with Crippen LogP contribution in [0.15, 0.2) is 11.6 Å². The van der Waals surface area contributed by atoms with Crippen molar-refractivity contribution in [3.8, 4) is 0 Å². The van der Waals surface area contributed by atoms with E-state index in [1.807, 2.05) is 4.90 Å². The van der Waals surface area contributed by atoms with Gasteiger partial charge in [-0.1, -0.05) is 11.6 Å². The van der Waals surface area contributed by atoms with Crippen LogP contribution in [0.2, 0.25) is 0 Å². The van der Waals surface area contributed by atoms with Crippen LogP contribution in [-0.4, -0.2) is 50.1 Å². The summed E-state index contributed by atoms with van der Waals surface area (Å²) < 4.78 is 4.90. The lowest BCUT2D eigenvalue weighted by atomic mass is 9.97. The predicted molar refractivity (Wildman–Crippen MR) is 80.7 cm³/mol. The van der Waals surface area contributed by atoms with Gasteiger partial charge in [0.2, 0.25) is 11.8 Å². The highest BCUT2D eigenvalue weighted by atomic mass is 16.5. The summed E-state index contributed by atoms with van der Waals surface area (Å²) in [7, 11) is 1.60. The van der Waals surface area contributed by atoms with Crippen LogP contribution in [0.4, 0.5) is 0 Å². The maximum absolute atomic E-state index is 12.0. The second kappa shape index (κ2) is 8.17. The van der Waals surface area contributed by atoms with Crippen molar-refractivity contribution in [2.75, 3.05) is 33.4 Å². The third-order valence-corrected chi connectivity index (χ3v) is 4.28. The third kappa shape index (κ3) is 4.84. The van der Waals surface area contributed by atoms with Crippen molar-refractivity contribution in [3.05, 3.63) is 11.6 Å². The first kappa shape index (κ1) is 16.0. The SMILES string of the molecule is COCCNC(=O)C1CC(=O)N(CCC2=CCCCC2)C1. The molecule has 0 bridgehead atoms. The van der Waals surface area contributed by atoms with E-state index in [9.17, 15) is 9.59 Å². The highest BCUT2D eigenvalue weighted by molar-refractivity contribution is 5.89. The fourth-order valence-electron chi connectivity index (χ4n) is 2.99. The number of amides is 2. The molecule has 2 aliphatic rings. The van der Waals surface area contributed by atoms with Gasteiger partial charge in [0, 0.05) is 33.2 Å². The Kier molecular flexibility index (Phi) is 6.23. The number of allylic oxidation sites excluding steroid dienone is 1. The molecule has 1 aliphatic heterocycles. The minimum absolute atomic E-state index is 0.0280. The van der Waals surface area contributed by atoms with Gasteiger partial charge in [-0.2, -0.15) is 0 Å². The van der Waals surface area contributed by atoms with E-state index >= 15 is 0 Å². The monoisotopic (exact) mass is 294 g/mol. The summed E-state index contributed by atoms with van der Waals surface area (Å²) in [4.78, 5) is 25.8. The van der Waals surface area contributed by atoms with Gasteiger partial charge >= 0.3 is 0 Å². The van der Waals surface area contributed by atoms with E-state index in [0.717, 1.165) is 13.0 Å². The summed E-state index contributed by atoms with van der Waals surface area (Å²) in [5.41, 5.74) is 1.47. The number of likely N-dealkylation sites (tertiary alicyclic amines) is 1. The van der Waals surface area contributed by atoms with Crippen LogP contribution in [0.1, 0.15) is 38.5 Å². The molecule has 0 aromatic heterocycles. The molecule has 5 heteroatoms. The molecule has 2 rings (SSSR count). The molecule has 1 N–H and O–H groups in total. The molecule has 0 aromatic rings. The Morgan fingerprint density at radius 1 is 1.48 bits per heavy atom. The van der Waals surface area contributed by atoms with E-state index in [4.69, 9.17) is 4.74 Å². The minimum atomic E-state index is -0.199. The zero-order valence-electron chi connectivity index (χ0n) is 12.9. The Balaban J connectivity index is 1.74. The van der Waals surface area contributed by atoms with E-state index in [0.29, 0.717) is 26.1 Å². The lowest BCUT2D eigenvalue weighted by Gasteiger charge is -2.19. The molecule has 1 saturated heterocycles. The fraction of sp³-hybridized carbons (Fsp3) is 0.750. The van der Waals surface area contributed by atoms with Gasteiger partial charge in [0.25, 0.3) is 0 Å². The second-order valence-electron chi connectivity index (χ2n) is 5.88. The number of carbonyl (C=O) groups excluding carboxylic acids is 2. The standard InChI is InChI=1S/C16H26N2O3/c1-21-10-8-17-16(20)14-11-15(19)18(12-14)9-7-13-5-3-2-4-6-13/h5,14H,2-4,6-12H2,1H3,(H,17,20). The van der Waals surface area contributed by atoms with Crippen LogP contribution in [0, 0.1) is 5.92 Å². The van der Waals surface area contributed by atoms with E-state index in [1.165, 1.54) is 31.3 Å². The number of nitrogens with zero attached hydrogens (tertiary/aromatic N) is 1. The van der Waals surface area contributed by atoms with Crippen molar-refractivity contribution in [1.82, 2.24) is 10.2 Å². The van der Waals surface area contributed by atoms with Crippen molar-refractivity contribution in [2.45, 2.75) is 38.5 Å². The average Bonchev–Trinajstić information content (AvgIpc) is 2.88. The quantitative estimate of drug-likeness (QED) is 0.571. The molecule has 1 unspecified atom stereocenters. The third-order valence-electron chi connectivity index (χ3n) is 4.28. The molecule has 1 heterocycles. The first-order chi connectivity index (χ1) is 10.2. The first-order valence-electron chi connectivity index (χ1n) is 7.93. The van der Waals surface area contributed by atoms with Gasteiger partial charge in [-0.05, 0) is 32.1 Å². The zero-order chi connectivity index (χ0) is 15.1. The molecule has 118 valence electrons. The molecule has 0 radical (unpaired) electrons. The van der Waals surface area contributed by atoms with E-state index in [1.54, 1.807) is 7.11 Å². The summed E-state index contributed by atoms with van der Waals surface area (Å²) in [6, 6.07) is 0. The Labute approximate surface area is 126 Å². The van der Waals surface area contributed by atoms with Crippen molar-refractivity contribution in [2.24, 2.45) is 5.92 Å². The summed E-state index contributed by atoms with van der Waals surface area (Å²) in [5, 5.41) is 2.82. The molecule has 0 aromatic carbocycles. The van der Waals surface area contributed by atoms with Crippen LogP contribution in [0.5, 0.6) is 0 Å². The average molecular weight is 294 g/mol. The number of carbonyl (C=O) groups is 2. The van der Waals surface area contributed by atoms with E-state index < -0.39 is 0 Å². The summed E-state index contributed by atoms with van der Waals surface area (Å²) in [6.45, 7) is 2.33. The topological polar surface area (TPSA) is 58.6 Å². The summed E-state index contributed by atoms with van der Waals surface area (Å²) >= 11 is 0. The molecule has 1 atom stereocenters. The number of hydrogen-bond donors (Lipinski definition) is 1. The van der Waals surface area contributed by atoms with Crippen LogP contribution in [-0.2, 0) is 14.3 Å². The Morgan fingerprint density at radius 2 is 2.33 bits per heavy atom. The van der Waals surface area contributed by atoms with Gasteiger partial charge < -0.3 is 15.0 Å². The number of nitrogens with one attached hydrogen (secondary N) is 1. The number of methoxy groups -OCH3 is 1. The lowest BCUT2D eigenvalue weighted by molar-refractivity contribution is -0.129. The Bertz CT molecular complexity index is 406. The van der Waals surface area contributed by atoms with Gasteiger partial charge in [-0.15, -0.1) is 0 Å². The van der Waals surface area contributed by atoms with Crippen molar-refractivity contribution in [3.63, 3.8) is 0 Å². The number of ether oxygens (including phenoxy) is 1. The number of rotatable bonds is 7. The Hall–Kier alpha value is -1.36. The molecule has 5 nitrogen and oxygen atoms in total. The maximum Gasteiger partial charge on any atom is 0.225 e. The molecule has 0 saturated carbocycles.